The topological polar surface area (TPSA) is 127 Å². The quantitative estimate of drug-likeness (QED) is 0.345. The molecule has 1 aliphatic rings. The number of aromatic amines is 1. The summed E-state index contributed by atoms with van der Waals surface area (Å²) in [5, 5.41) is 0. The summed E-state index contributed by atoms with van der Waals surface area (Å²) in [4.78, 5) is 18.7. The number of pyridine rings is 2. The molecule has 0 saturated carbocycles. The third-order valence-corrected chi connectivity index (χ3v) is 7.58. The summed E-state index contributed by atoms with van der Waals surface area (Å²) in [7, 11) is -1.46. The average Bonchev–Trinajstić information content (AvgIpc) is 3.21. The number of hydrogen-bond acceptors (Lipinski definition) is 7. The van der Waals surface area contributed by atoms with Crippen molar-refractivity contribution in [3.05, 3.63) is 35.4 Å². The summed E-state index contributed by atoms with van der Waals surface area (Å²) in [6.07, 6.45) is 5.57. The summed E-state index contributed by atoms with van der Waals surface area (Å²) in [5.41, 5.74) is 9.84. The number of hydrogen-bond donors (Lipinski definition) is 2. The molecule has 0 aliphatic carbocycles. The van der Waals surface area contributed by atoms with Crippen molar-refractivity contribution in [2.75, 3.05) is 38.8 Å². The lowest BCUT2D eigenvalue weighted by Crippen LogP contribution is -2.36. The fourth-order valence-electron chi connectivity index (χ4n) is 4.82. The number of H-pyrrole nitrogens is 1. The SMILES string of the molecule is COc1cc(-c2[nH]c3cc(F)c(C4CCN(CCS(C)(=O)=O)CC4)nc3c2C(C)C)cnc1N=CN. The smallest absolute Gasteiger partial charge is 0.196 e. The van der Waals surface area contributed by atoms with Crippen LogP contribution in [0.5, 0.6) is 5.75 Å². The van der Waals surface area contributed by atoms with Crippen molar-refractivity contribution < 1.29 is 17.5 Å². The van der Waals surface area contributed by atoms with E-state index in [2.05, 4.69) is 33.7 Å². The summed E-state index contributed by atoms with van der Waals surface area (Å²) in [6, 6.07) is 3.36. The zero-order valence-corrected chi connectivity index (χ0v) is 21.9. The van der Waals surface area contributed by atoms with Gasteiger partial charge in [0.05, 0.1) is 41.6 Å². The number of sulfone groups is 1. The molecule has 1 saturated heterocycles. The first kappa shape index (κ1) is 26.0. The Morgan fingerprint density at radius 2 is 2.06 bits per heavy atom. The van der Waals surface area contributed by atoms with Crippen LogP contribution >= 0.6 is 0 Å². The van der Waals surface area contributed by atoms with Crippen LogP contribution in [0.4, 0.5) is 10.2 Å². The van der Waals surface area contributed by atoms with Gasteiger partial charge in [-0.3, -0.25) is 0 Å². The first-order valence-electron chi connectivity index (χ1n) is 12.0. The molecule has 36 heavy (non-hydrogen) atoms. The average molecular weight is 517 g/mol. The molecule has 4 rings (SSSR count). The molecule has 0 aromatic carbocycles. The third kappa shape index (κ3) is 5.52. The van der Waals surface area contributed by atoms with Gasteiger partial charge in [-0.1, -0.05) is 13.8 Å². The van der Waals surface area contributed by atoms with Gasteiger partial charge < -0.3 is 20.4 Å². The third-order valence-electron chi connectivity index (χ3n) is 6.66. The number of fused-ring (bicyclic) bond motifs is 1. The number of likely N-dealkylation sites (tertiary alicyclic amines) is 1. The van der Waals surface area contributed by atoms with Gasteiger partial charge in [-0.05, 0) is 37.9 Å². The van der Waals surface area contributed by atoms with Gasteiger partial charge in [0.15, 0.2) is 11.6 Å². The Morgan fingerprint density at radius 3 is 2.67 bits per heavy atom. The summed E-state index contributed by atoms with van der Waals surface area (Å²) in [5.74, 6) is 0.760. The molecule has 0 bridgehead atoms. The molecule has 1 aliphatic heterocycles. The molecule has 1 fully saturated rings. The largest absolute Gasteiger partial charge is 0.493 e. The van der Waals surface area contributed by atoms with Crippen LogP contribution in [0.1, 0.15) is 49.8 Å². The van der Waals surface area contributed by atoms with Crippen LogP contribution < -0.4 is 10.5 Å². The minimum Gasteiger partial charge on any atom is -0.493 e. The van der Waals surface area contributed by atoms with E-state index in [-0.39, 0.29) is 23.4 Å². The molecule has 194 valence electrons. The lowest BCUT2D eigenvalue weighted by molar-refractivity contribution is 0.220. The number of nitrogens with zero attached hydrogens (tertiary/aromatic N) is 4. The van der Waals surface area contributed by atoms with E-state index in [1.807, 2.05) is 6.07 Å². The summed E-state index contributed by atoms with van der Waals surface area (Å²) in [6.45, 7) is 6.10. The maximum Gasteiger partial charge on any atom is 0.196 e. The fourth-order valence-corrected chi connectivity index (χ4v) is 5.41. The van der Waals surface area contributed by atoms with Gasteiger partial charge in [-0.25, -0.2) is 27.8 Å². The van der Waals surface area contributed by atoms with Crippen LogP contribution in [0.15, 0.2) is 23.3 Å². The highest BCUT2D eigenvalue weighted by atomic mass is 32.2. The monoisotopic (exact) mass is 516 g/mol. The molecule has 0 spiro atoms. The maximum atomic E-state index is 15.3. The van der Waals surface area contributed by atoms with E-state index in [9.17, 15) is 8.42 Å². The van der Waals surface area contributed by atoms with Gasteiger partial charge in [-0.15, -0.1) is 0 Å². The van der Waals surface area contributed by atoms with Gasteiger partial charge in [0, 0.05) is 42.1 Å². The first-order valence-corrected chi connectivity index (χ1v) is 14.1. The lowest BCUT2D eigenvalue weighted by Gasteiger charge is -2.31. The number of nitrogens with two attached hydrogens (primary N) is 1. The Morgan fingerprint density at radius 1 is 1.33 bits per heavy atom. The number of ether oxygens (including phenoxy) is 1. The molecular weight excluding hydrogens is 483 g/mol. The van der Waals surface area contributed by atoms with Crippen LogP contribution in [0.2, 0.25) is 0 Å². The first-order chi connectivity index (χ1) is 17.1. The number of piperidine rings is 1. The van der Waals surface area contributed by atoms with Crippen molar-refractivity contribution in [2.24, 2.45) is 10.7 Å². The minimum atomic E-state index is -3.01. The second kappa shape index (κ2) is 10.5. The van der Waals surface area contributed by atoms with Gasteiger partial charge in [0.2, 0.25) is 0 Å². The Hall–Kier alpha value is -3.05. The Bertz CT molecular complexity index is 1380. The summed E-state index contributed by atoms with van der Waals surface area (Å²) >= 11 is 0. The Labute approximate surface area is 210 Å². The predicted octanol–water partition coefficient (Wildman–Crippen LogP) is 3.74. The van der Waals surface area contributed by atoms with Crippen LogP contribution in [0.3, 0.4) is 0 Å². The van der Waals surface area contributed by atoms with Crippen molar-refractivity contribution in [3.63, 3.8) is 0 Å². The molecule has 0 radical (unpaired) electrons. The Kier molecular flexibility index (Phi) is 7.60. The van der Waals surface area contributed by atoms with Crippen LogP contribution in [0.25, 0.3) is 22.3 Å². The Balaban J connectivity index is 1.67. The van der Waals surface area contributed by atoms with E-state index in [1.165, 1.54) is 12.3 Å². The van der Waals surface area contributed by atoms with Crippen molar-refractivity contribution in [3.8, 4) is 17.0 Å². The fraction of sp³-hybridized carbons (Fsp3) is 0.480. The van der Waals surface area contributed by atoms with Crippen molar-refractivity contribution >= 4 is 33.0 Å². The van der Waals surface area contributed by atoms with Gasteiger partial charge >= 0.3 is 0 Å². The predicted molar refractivity (Wildman–Crippen MR) is 140 cm³/mol. The van der Waals surface area contributed by atoms with E-state index in [0.717, 1.165) is 54.6 Å². The van der Waals surface area contributed by atoms with Crippen LogP contribution in [0, 0.1) is 5.82 Å². The van der Waals surface area contributed by atoms with Crippen LogP contribution in [-0.4, -0.2) is 73.4 Å². The van der Waals surface area contributed by atoms with E-state index in [0.29, 0.717) is 29.3 Å². The number of rotatable bonds is 8. The van der Waals surface area contributed by atoms with Crippen molar-refractivity contribution in [1.82, 2.24) is 19.9 Å². The lowest BCUT2D eigenvalue weighted by atomic mass is 9.92. The molecule has 4 heterocycles. The zero-order chi connectivity index (χ0) is 26.0. The van der Waals surface area contributed by atoms with E-state index in [1.54, 1.807) is 13.3 Å². The molecular formula is C25H33FN6O3S. The van der Waals surface area contributed by atoms with Gasteiger partial charge in [0.1, 0.15) is 15.7 Å². The molecule has 11 heteroatoms. The molecule has 0 atom stereocenters. The molecule has 3 N–H and O–H groups in total. The van der Waals surface area contributed by atoms with Gasteiger partial charge in [-0.2, -0.15) is 0 Å². The van der Waals surface area contributed by atoms with Crippen molar-refractivity contribution in [2.45, 2.75) is 38.5 Å². The normalized spacial score (nSPS) is 15.9. The van der Waals surface area contributed by atoms with Gasteiger partial charge in [0.25, 0.3) is 0 Å². The second-order valence-electron chi connectivity index (χ2n) is 9.59. The molecule has 3 aromatic rings. The molecule has 0 amide bonds. The highest BCUT2D eigenvalue weighted by Crippen LogP contribution is 2.39. The van der Waals surface area contributed by atoms with E-state index in [4.69, 9.17) is 15.5 Å². The summed E-state index contributed by atoms with van der Waals surface area (Å²) < 4.78 is 43.7. The maximum absolute atomic E-state index is 15.3. The number of aliphatic imine (C=N–C) groups is 1. The minimum absolute atomic E-state index is 0.0163. The number of methoxy groups -OCH3 is 1. The highest BCUT2D eigenvalue weighted by molar-refractivity contribution is 7.90. The number of aromatic nitrogens is 3. The van der Waals surface area contributed by atoms with E-state index >= 15 is 4.39 Å². The second-order valence-corrected chi connectivity index (χ2v) is 11.9. The number of halogens is 1. The zero-order valence-electron chi connectivity index (χ0n) is 21.1. The van der Waals surface area contributed by atoms with Crippen molar-refractivity contribution in [1.29, 1.82) is 0 Å². The molecule has 3 aromatic heterocycles. The van der Waals surface area contributed by atoms with E-state index < -0.39 is 9.84 Å². The molecule has 9 nitrogen and oxygen atoms in total. The standard InChI is InChI=1S/C25H33FN6O3S/c1-15(2)21-23(17-11-20(35-3)25(28-13-17)29-14-27)30-19-12-18(26)22(31-24(19)21)16-5-7-32(8-6-16)9-10-36(4,33)34/h11-16,30H,5-10H2,1-4H3,(H2,27,28,29). The van der Waals surface area contributed by atoms with Crippen LogP contribution in [-0.2, 0) is 9.84 Å². The molecule has 0 unspecified atom stereocenters. The number of nitrogens with one attached hydrogen (secondary N) is 1. The highest BCUT2D eigenvalue weighted by Gasteiger charge is 2.27.